The Hall–Kier alpha value is -1.66. The summed E-state index contributed by atoms with van der Waals surface area (Å²) in [6, 6.07) is 4.39. The van der Waals surface area contributed by atoms with Crippen molar-refractivity contribution < 1.29 is 13.9 Å². The third-order valence-electron chi connectivity index (χ3n) is 4.13. The third-order valence-corrected chi connectivity index (χ3v) is 4.13. The summed E-state index contributed by atoms with van der Waals surface area (Å²) in [5, 5.41) is 2.66. The first-order chi connectivity index (χ1) is 11.3. The minimum absolute atomic E-state index is 0.0609. The van der Waals surface area contributed by atoms with Gasteiger partial charge in [-0.3, -0.25) is 4.90 Å². The second-order valence-corrected chi connectivity index (χ2v) is 7.32. The van der Waals surface area contributed by atoms with Gasteiger partial charge in [0.1, 0.15) is 5.82 Å². The predicted molar refractivity (Wildman–Crippen MR) is 93.8 cm³/mol. The highest BCUT2D eigenvalue weighted by Crippen LogP contribution is 2.21. The molecular weight excluding hydrogens is 309 g/mol. The lowest BCUT2D eigenvalue weighted by Gasteiger charge is -2.37. The van der Waals surface area contributed by atoms with Gasteiger partial charge in [0.05, 0.1) is 18.9 Å². The Labute approximate surface area is 143 Å². The molecule has 0 saturated carbocycles. The van der Waals surface area contributed by atoms with Crippen molar-refractivity contribution >= 4 is 11.7 Å². The predicted octanol–water partition coefficient (Wildman–Crippen LogP) is 2.96. The van der Waals surface area contributed by atoms with Crippen molar-refractivity contribution in [1.29, 1.82) is 0 Å². The molecule has 0 radical (unpaired) electrons. The maximum atomic E-state index is 13.8. The van der Waals surface area contributed by atoms with E-state index in [4.69, 9.17) is 4.74 Å². The van der Waals surface area contributed by atoms with Gasteiger partial charge in [0.25, 0.3) is 0 Å². The van der Waals surface area contributed by atoms with Gasteiger partial charge in [0.15, 0.2) is 0 Å². The van der Waals surface area contributed by atoms with E-state index in [0.29, 0.717) is 6.54 Å². The van der Waals surface area contributed by atoms with Gasteiger partial charge in [0, 0.05) is 33.2 Å². The normalized spacial score (nSPS) is 16.0. The van der Waals surface area contributed by atoms with Gasteiger partial charge in [-0.2, -0.15) is 0 Å². The number of ether oxygens (including phenoxy) is 1. The Morgan fingerprint density at radius 1 is 1.38 bits per heavy atom. The van der Waals surface area contributed by atoms with Crippen LogP contribution in [0.15, 0.2) is 18.2 Å². The van der Waals surface area contributed by atoms with Crippen LogP contribution < -0.4 is 5.32 Å². The standard InChI is InChI=1S/C18H28FN3O2/c1-14-5-6-15(19)16(11-14)20-17(23)21(4)12-18(2,3)13-22-7-9-24-10-8-22/h5-6,11H,7-10,12-13H2,1-4H3,(H,20,23). The van der Waals surface area contributed by atoms with Crippen molar-refractivity contribution in [3.8, 4) is 0 Å². The van der Waals surface area contributed by atoms with Gasteiger partial charge in [-0.1, -0.05) is 19.9 Å². The average molecular weight is 337 g/mol. The second-order valence-electron chi connectivity index (χ2n) is 7.32. The first-order valence-corrected chi connectivity index (χ1v) is 8.35. The number of morpholine rings is 1. The number of hydrogen-bond acceptors (Lipinski definition) is 3. The summed E-state index contributed by atoms with van der Waals surface area (Å²) in [5.41, 5.74) is 1.06. The average Bonchev–Trinajstić information content (AvgIpc) is 2.51. The van der Waals surface area contributed by atoms with E-state index in [0.717, 1.165) is 38.4 Å². The Bertz CT molecular complexity index is 571. The minimum atomic E-state index is -0.421. The summed E-state index contributed by atoms with van der Waals surface area (Å²) in [5.74, 6) is -0.421. The van der Waals surface area contributed by atoms with E-state index in [2.05, 4.69) is 24.1 Å². The van der Waals surface area contributed by atoms with Crippen LogP contribution in [-0.2, 0) is 4.74 Å². The maximum Gasteiger partial charge on any atom is 0.321 e. The zero-order valence-corrected chi connectivity index (χ0v) is 15.1. The first-order valence-electron chi connectivity index (χ1n) is 8.35. The zero-order valence-electron chi connectivity index (χ0n) is 15.1. The van der Waals surface area contributed by atoms with Gasteiger partial charge in [-0.25, -0.2) is 9.18 Å². The van der Waals surface area contributed by atoms with Gasteiger partial charge >= 0.3 is 6.03 Å². The maximum absolute atomic E-state index is 13.8. The number of halogens is 1. The van der Waals surface area contributed by atoms with Crippen LogP contribution in [0.4, 0.5) is 14.9 Å². The molecule has 1 heterocycles. The minimum Gasteiger partial charge on any atom is -0.379 e. The Kier molecular flexibility index (Phi) is 6.18. The van der Waals surface area contributed by atoms with E-state index in [1.807, 2.05) is 6.92 Å². The Balaban J connectivity index is 1.91. The SMILES string of the molecule is Cc1ccc(F)c(NC(=O)N(C)CC(C)(C)CN2CCOCC2)c1. The van der Waals surface area contributed by atoms with Crippen molar-refractivity contribution in [3.63, 3.8) is 0 Å². The van der Waals surface area contributed by atoms with Crippen LogP contribution in [0.1, 0.15) is 19.4 Å². The fourth-order valence-electron chi connectivity index (χ4n) is 3.07. The summed E-state index contributed by atoms with van der Waals surface area (Å²) in [6.07, 6.45) is 0. The molecule has 134 valence electrons. The lowest BCUT2D eigenvalue weighted by atomic mass is 9.92. The number of benzene rings is 1. The van der Waals surface area contributed by atoms with Crippen LogP contribution in [-0.4, -0.2) is 62.3 Å². The van der Waals surface area contributed by atoms with Crippen LogP contribution in [0, 0.1) is 18.2 Å². The van der Waals surface area contributed by atoms with Gasteiger partial charge in [0.2, 0.25) is 0 Å². The van der Waals surface area contributed by atoms with Crippen LogP contribution in [0.5, 0.6) is 0 Å². The molecule has 2 rings (SSSR count). The molecule has 5 nitrogen and oxygen atoms in total. The largest absolute Gasteiger partial charge is 0.379 e. The van der Waals surface area contributed by atoms with Crippen molar-refractivity contribution in [2.24, 2.45) is 5.41 Å². The van der Waals surface area contributed by atoms with E-state index in [1.54, 1.807) is 24.1 Å². The molecular formula is C18H28FN3O2. The van der Waals surface area contributed by atoms with Gasteiger partial charge < -0.3 is 15.0 Å². The van der Waals surface area contributed by atoms with Gasteiger partial charge in [-0.05, 0) is 30.0 Å². The highest BCUT2D eigenvalue weighted by Gasteiger charge is 2.26. The van der Waals surface area contributed by atoms with Crippen LogP contribution >= 0.6 is 0 Å². The highest BCUT2D eigenvalue weighted by atomic mass is 19.1. The molecule has 1 aliphatic heterocycles. The van der Waals surface area contributed by atoms with E-state index in [-0.39, 0.29) is 17.1 Å². The molecule has 1 aliphatic rings. The van der Waals surface area contributed by atoms with Crippen molar-refractivity contribution in [1.82, 2.24) is 9.80 Å². The van der Waals surface area contributed by atoms with Crippen molar-refractivity contribution in [2.75, 3.05) is 51.8 Å². The van der Waals surface area contributed by atoms with E-state index in [9.17, 15) is 9.18 Å². The monoisotopic (exact) mass is 337 g/mol. The second kappa shape index (κ2) is 7.94. The summed E-state index contributed by atoms with van der Waals surface area (Å²) < 4.78 is 19.2. The quantitative estimate of drug-likeness (QED) is 0.898. The number of carbonyl (C=O) groups is 1. The van der Waals surface area contributed by atoms with Crippen molar-refractivity contribution in [2.45, 2.75) is 20.8 Å². The molecule has 1 aromatic carbocycles. The van der Waals surface area contributed by atoms with Crippen LogP contribution in [0.3, 0.4) is 0 Å². The molecule has 1 saturated heterocycles. The number of nitrogens with zero attached hydrogens (tertiary/aromatic N) is 2. The Morgan fingerprint density at radius 2 is 2.04 bits per heavy atom. The number of urea groups is 1. The molecule has 1 fully saturated rings. The number of carbonyl (C=O) groups excluding carboxylic acids is 1. The number of amides is 2. The van der Waals surface area contributed by atoms with Crippen molar-refractivity contribution in [3.05, 3.63) is 29.6 Å². The lowest BCUT2D eigenvalue weighted by Crippen LogP contribution is -2.47. The Morgan fingerprint density at radius 3 is 2.71 bits per heavy atom. The summed E-state index contributed by atoms with van der Waals surface area (Å²) in [4.78, 5) is 16.3. The van der Waals surface area contributed by atoms with E-state index < -0.39 is 5.82 Å². The number of hydrogen-bond donors (Lipinski definition) is 1. The van der Waals surface area contributed by atoms with Crippen LogP contribution in [0.2, 0.25) is 0 Å². The molecule has 0 spiro atoms. The smallest absolute Gasteiger partial charge is 0.321 e. The first kappa shape index (κ1) is 18.7. The summed E-state index contributed by atoms with van der Waals surface area (Å²) >= 11 is 0. The topological polar surface area (TPSA) is 44.8 Å². The molecule has 0 bridgehead atoms. The fraction of sp³-hybridized carbons (Fsp3) is 0.611. The van der Waals surface area contributed by atoms with E-state index in [1.165, 1.54) is 6.07 Å². The zero-order chi connectivity index (χ0) is 17.7. The number of aryl methyl sites for hydroxylation is 1. The number of rotatable bonds is 5. The highest BCUT2D eigenvalue weighted by molar-refractivity contribution is 5.89. The molecule has 0 aromatic heterocycles. The molecule has 0 aliphatic carbocycles. The molecule has 24 heavy (non-hydrogen) atoms. The molecule has 0 atom stereocenters. The molecule has 0 unspecified atom stereocenters. The molecule has 2 amide bonds. The van der Waals surface area contributed by atoms with E-state index >= 15 is 0 Å². The fourth-order valence-corrected chi connectivity index (χ4v) is 3.07. The summed E-state index contributed by atoms with van der Waals surface area (Å²) in [6.45, 7) is 11.0. The number of nitrogens with one attached hydrogen (secondary N) is 1. The molecule has 1 N–H and O–H groups in total. The van der Waals surface area contributed by atoms with Crippen LogP contribution in [0.25, 0.3) is 0 Å². The summed E-state index contributed by atoms with van der Waals surface area (Å²) in [7, 11) is 1.74. The van der Waals surface area contributed by atoms with Gasteiger partial charge in [-0.15, -0.1) is 0 Å². The number of anilines is 1. The third kappa shape index (κ3) is 5.46. The lowest BCUT2D eigenvalue weighted by molar-refractivity contribution is 0.0182. The molecule has 1 aromatic rings. The molecule has 6 heteroatoms.